The Bertz CT molecular complexity index is 437. The molecule has 0 unspecified atom stereocenters. The number of halogens is 1. The molecule has 0 bridgehead atoms. The van der Waals surface area contributed by atoms with E-state index in [2.05, 4.69) is 5.32 Å². The second-order valence-corrected chi connectivity index (χ2v) is 4.40. The van der Waals surface area contributed by atoms with Crippen molar-refractivity contribution in [2.24, 2.45) is 0 Å². The Morgan fingerprint density at radius 2 is 2.10 bits per heavy atom. The molecular formula is C14H20FNO4. The van der Waals surface area contributed by atoms with E-state index < -0.39 is 5.82 Å². The van der Waals surface area contributed by atoms with Crippen LogP contribution in [0.4, 0.5) is 10.1 Å². The molecule has 1 rings (SSSR count). The molecular weight excluding hydrogens is 265 g/mol. The zero-order valence-electron chi connectivity index (χ0n) is 11.9. The number of rotatable bonds is 8. The molecule has 1 aromatic carbocycles. The number of nitrogens with one attached hydrogen (secondary N) is 1. The predicted molar refractivity (Wildman–Crippen MR) is 73.5 cm³/mol. The van der Waals surface area contributed by atoms with Crippen LogP contribution >= 0.6 is 0 Å². The lowest BCUT2D eigenvalue weighted by atomic mass is 10.2. The molecule has 1 amide bonds. The van der Waals surface area contributed by atoms with Crippen molar-refractivity contribution < 1.29 is 23.4 Å². The molecule has 0 aliphatic rings. The Labute approximate surface area is 118 Å². The van der Waals surface area contributed by atoms with E-state index in [4.69, 9.17) is 14.2 Å². The van der Waals surface area contributed by atoms with Crippen LogP contribution in [0.25, 0.3) is 0 Å². The molecule has 0 atom stereocenters. The third kappa shape index (κ3) is 5.99. The number of benzene rings is 1. The van der Waals surface area contributed by atoms with Crippen molar-refractivity contribution in [3.63, 3.8) is 0 Å². The summed E-state index contributed by atoms with van der Waals surface area (Å²) in [6.07, 6.45) is -0.0749. The van der Waals surface area contributed by atoms with Crippen molar-refractivity contribution in [1.29, 1.82) is 0 Å². The molecule has 0 radical (unpaired) electrons. The van der Waals surface area contributed by atoms with Crippen molar-refractivity contribution in [3.05, 3.63) is 24.0 Å². The van der Waals surface area contributed by atoms with Crippen molar-refractivity contribution in [3.8, 4) is 5.75 Å². The molecule has 0 aliphatic heterocycles. The fourth-order valence-electron chi connectivity index (χ4n) is 1.45. The van der Waals surface area contributed by atoms with E-state index in [0.717, 1.165) is 0 Å². The zero-order valence-corrected chi connectivity index (χ0v) is 11.9. The van der Waals surface area contributed by atoms with Gasteiger partial charge in [0.1, 0.15) is 18.2 Å². The van der Waals surface area contributed by atoms with Gasteiger partial charge in [0.25, 0.3) is 0 Å². The smallest absolute Gasteiger partial charge is 0.250 e. The zero-order chi connectivity index (χ0) is 15.0. The second kappa shape index (κ2) is 8.50. The Morgan fingerprint density at radius 3 is 2.75 bits per heavy atom. The molecule has 0 spiro atoms. The van der Waals surface area contributed by atoms with Gasteiger partial charge in [-0.2, -0.15) is 0 Å². The van der Waals surface area contributed by atoms with Gasteiger partial charge in [-0.15, -0.1) is 0 Å². The molecule has 0 aromatic heterocycles. The third-order valence-corrected chi connectivity index (χ3v) is 2.24. The van der Waals surface area contributed by atoms with Gasteiger partial charge in [0.2, 0.25) is 5.91 Å². The van der Waals surface area contributed by atoms with E-state index in [-0.39, 0.29) is 18.6 Å². The van der Waals surface area contributed by atoms with E-state index >= 15 is 0 Å². The summed E-state index contributed by atoms with van der Waals surface area (Å²) in [7, 11) is 1.55. The summed E-state index contributed by atoms with van der Waals surface area (Å²) in [6, 6.07) is 3.98. The number of methoxy groups -OCH3 is 1. The minimum atomic E-state index is -0.447. The molecule has 112 valence electrons. The number of amides is 1. The largest absolute Gasteiger partial charge is 0.489 e. The van der Waals surface area contributed by atoms with E-state index in [1.807, 2.05) is 13.8 Å². The first-order valence-corrected chi connectivity index (χ1v) is 6.35. The van der Waals surface area contributed by atoms with Crippen molar-refractivity contribution in [2.75, 3.05) is 32.2 Å². The first kappa shape index (κ1) is 16.4. The first-order chi connectivity index (χ1) is 9.52. The van der Waals surface area contributed by atoms with Crippen LogP contribution in [-0.4, -0.2) is 38.9 Å². The molecule has 6 heteroatoms. The van der Waals surface area contributed by atoms with Crippen molar-refractivity contribution in [2.45, 2.75) is 20.0 Å². The highest BCUT2D eigenvalue weighted by Crippen LogP contribution is 2.26. The Balaban J connectivity index is 2.60. The van der Waals surface area contributed by atoms with E-state index in [1.165, 1.54) is 18.2 Å². The van der Waals surface area contributed by atoms with Crippen LogP contribution in [0.3, 0.4) is 0 Å². The molecule has 0 saturated carbocycles. The fraction of sp³-hybridized carbons (Fsp3) is 0.500. The standard InChI is InChI=1S/C14H20FNO4/c1-10(2)20-13-5-4-11(15)8-12(13)16-14(17)9-19-7-6-18-3/h4-5,8,10H,6-7,9H2,1-3H3,(H,16,17). The summed E-state index contributed by atoms with van der Waals surface area (Å²) in [4.78, 5) is 11.7. The third-order valence-electron chi connectivity index (χ3n) is 2.24. The molecule has 1 N–H and O–H groups in total. The van der Waals surface area contributed by atoms with Gasteiger partial charge in [0.15, 0.2) is 0 Å². The number of hydrogen-bond acceptors (Lipinski definition) is 4. The van der Waals surface area contributed by atoms with Gasteiger partial charge in [0, 0.05) is 13.2 Å². The van der Waals surface area contributed by atoms with E-state index in [9.17, 15) is 9.18 Å². The van der Waals surface area contributed by atoms with Gasteiger partial charge < -0.3 is 19.5 Å². The quantitative estimate of drug-likeness (QED) is 0.744. The van der Waals surface area contributed by atoms with Crippen LogP contribution in [-0.2, 0) is 14.3 Å². The summed E-state index contributed by atoms with van der Waals surface area (Å²) < 4.78 is 28.6. The lowest BCUT2D eigenvalue weighted by molar-refractivity contribution is -0.121. The van der Waals surface area contributed by atoms with Crippen LogP contribution < -0.4 is 10.1 Å². The average Bonchev–Trinajstić information content (AvgIpc) is 2.37. The van der Waals surface area contributed by atoms with Gasteiger partial charge in [-0.3, -0.25) is 4.79 Å². The average molecular weight is 285 g/mol. The highest BCUT2D eigenvalue weighted by Gasteiger charge is 2.10. The Hall–Kier alpha value is -1.66. The Morgan fingerprint density at radius 1 is 1.35 bits per heavy atom. The second-order valence-electron chi connectivity index (χ2n) is 4.40. The van der Waals surface area contributed by atoms with Gasteiger partial charge in [-0.05, 0) is 26.0 Å². The highest BCUT2D eigenvalue weighted by molar-refractivity contribution is 5.93. The van der Waals surface area contributed by atoms with Crippen LogP contribution in [0.1, 0.15) is 13.8 Å². The van der Waals surface area contributed by atoms with Crippen LogP contribution in [0.5, 0.6) is 5.75 Å². The lowest BCUT2D eigenvalue weighted by Gasteiger charge is -2.15. The summed E-state index contributed by atoms with van der Waals surface area (Å²) in [6.45, 7) is 4.31. The summed E-state index contributed by atoms with van der Waals surface area (Å²) in [5, 5.41) is 2.56. The number of hydrogen-bond donors (Lipinski definition) is 1. The molecule has 0 fully saturated rings. The number of carbonyl (C=O) groups is 1. The highest BCUT2D eigenvalue weighted by atomic mass is 19.1. The van der Waals surface area contributed by atoms with Crippen LogP contribution in [0.15, 0.2) is 18.2 Å². The summed E-state index contributed by atoms with van der Waals surface area (Å²) in [5.41, 5.74) is 0.291. The summed E-state index contributed by atoms with van der Waals surface area (Å²) in [5.74, 6) is -0.399. The number of ether oxygens (including phenoxy) is 3. The maximum Gasteiger partial charge on any atom is 0.250 e. The van der Waals surface area contributed by atoms with Gasteiger partial charge in [0.05, 0.1) is 25.0 Å². The van der Waals surface area contributed by atoms with E-state index in [1.54, 1.807) is 7.11 Å². The summed E-state index contributed by atoms with van der Waals surface area (Å²) >= 11 is 0. The number of anilines is 1. The van der Waals surface area contributed by atoms with E-state index in [0.29, 0.717) is 24.7 Å². The maximum atomic E-state index is 13.2. The van der Waals surface area contributed by atoms with Crippen molar-refractivity contribution >= 4 is 11.6 Å². The topological polar surface area (TPSA) is 56.8 Å². The monoisotopic (exact) mass is 285 g/mol. The van der Waals surface area contributed by atoms with Crippen LogP contribution in [0.2, 0.25) is 0 Å². The lowest BCUT2D eigenvalue weighted by Crippen LogP contribution is -2.20. The first-order valence-electron chi connectivity index (χ1n) is 6.35. The normalized spacial score (nSPS) is 10.7. The fourth-order valence-corrected chi connectivity index (χ4v) is 1.45. The minimum Gasteiger partial charge on any atom is -0.489 e. The van der Waals surface area contributed by atoms with Crippen molar-refractivity contribution in [1.82, 2.24) is 0 Å². The van der Waals surface area contributed by atoms with Gasteiger partial charge >= 0.3 is 0 Å². The molecule has 20 heavy (non-hydrogen) atoms. The van der Waals surface area contributed by atoms with Gasteiger partial charge in [-0.1, -0.05) is 0 Å². The minimum absolute atomic E-state index is 0.0749. The maximum absolute atomic E-state index is 13.2. The molecule has 0 saturated heterocycles. The molecule has 0 heterocycles. The molecule has 1 aromatic rings. The number of carbonyl (C=O) groups excluding carboxylic acids is 1. The van der Waals surface area contributed by atoms with Crippen LogP contribution in [0, 0.1) is 5.82 Å². The molecule has 5 nitrogen and oxygen atoms in total. The SMILES string of the molecule is COCCOCC(=O)Nc1cc(F)ccc1OC(C)C. The predicted octanol–water partition coefficient (Wildman–Crippen LogP) is 2.21. The Kier molecular flexibility index (Phi) is 6.97. The molecule has 0 aliphatic carbocycles. The van der Waals surface area contributed by atoms with Gasteiger partial charge in [-0.25, -0.2) is 4.39 Å².